The first kappa shape index (κ1) is 23.8. The second-order valence-corrected chi connectivity index (χ2v) is 8.37. The minimum atomic E-state index is -1.27. The van der Waals surface area contributed by atoms with Crippen LogP contribution in [-0.4, -0.2) is 39.0 Å². The molecule has 0 heterocycles. The molecule has 7 nitrogen and oxygen atoms in total. The highest BCUT2D eigenvalue weighted by Gasteiger charge is 2.32. The molecule has 0 aliphatic heterocycles. The van der Waals surface area contributed by atoms with E-state index in [1.165, 1.54) is 12.1 Å². The van der Waals surface area contributed by atoms with E-state index in [-0.39, 0.29) is 18.7 Å². The molecule has 9 heteroatoms. The zero-order chi connectivity index (χ0) is 22.5. The third kappa shape index (κ3) is 7.09. The van der Waals surface area contributed by atoms with Crippen LogP contribution in [-0.2, 0) is 27.3 Å². The van der Waals surface area contributed by atoms with E-state index in [4.69, 9.17) is 32.8 Å². The molecule has 0 saturated carbocycles. The van der Waals surface area contributed by atoms with Crippen molar-refractivity contribution in [2.24, 2.45) is 0 Å². The molecule has 0 bridgehead atoms. The third-order valence-corrected chi connectivity index (χ3v) is 4.66. The molecule has 2 aromatic carbocycles. The van der Waals surface area contributed by atoms with Crippen LogP contribution in [0, 0.1) is 0 Å². The summed E-state index contributed by atoms with van der Waals surface area (Å²) in [7, 11) is 0. The first-order valence-electron chi connectivity index (χ1n) is 9.07. The first-order valence-corrected chi connectivity index (χ1v) is 9.83. The predicted molar refractivity (Wildman–Crippen MR) is 113 cm³/mol. The molecule has 0 spiro atoms. The van der Waals surface area contributed by atoms with Gasteiger partial charge in [-0.2, -0.15) is 0 Å². The normalized spacial score (nSPS) is 12.5. The fraction of sp³-hybridized carbons (Fsp3) is 0.333. The fourth-order valence-corrected chi connectivity index (χ4v) is 3.09. The molecule has 0 radical (unpaired) electrons. The van der Waals surface area contributed by atoms with Crippen molar-refractivity contribution in [3.63, 3.8) is 0 Å². The lowest BCUT2D eigenvalue weighted by Crippen LogP contribution is -2.44. The average Bonchev–Trinajstić information content (AvgIpc) is 2.61. The predicted octanol–water partition coefficient (Wildman–Crippen LogP) is 5.06. The Morgan fingerprint density at radius 2 is 1.63 bits per heavy atom. The molecule has 2 N–H and O–H groups in total. The van der Waals surface area contributed by atoms with Crippen molar-refractivity contribution in [2.45, 2.75) is 45.4 Å². The summed E-state index contributed by atoms with van der Waals surface area (Å²) in [5.41, 5.74) is 0.185. The summed E-state index contributed by atoms with van der Waals surface area (Å²) in [6.07, 6.45) is -1.07. The van der Waals surface area contributed by atoms with E-state index < -0.39 is 23.8 Å². The third-order valence-electron chi connectivity index (χ3n) is 3.96. The van der Waals surface area contributed by atoms with Gasteiger partial charge < -0.3 is 19.8 Å². The van der Waals surface area contributed by atoms with E-state index in [0.717, 1.165) is 5.06 Å². The lowest BCUT2D eigenvalue weighted by molar-refractivity contribution is -0.187. The maximum absolute atomic E-state index is 12.3. The Hall–Kier alpha value is -2.48. The van der Waals surface area contributed by atoms with Crippen molar-refractivity contribution < 1.29 is 29.4 Å². The summed E-state index contributed by atoms with van der Waals surface area (Å²) in [5.74, 6) is -1.18. The molecule has 0 aliphatic rings. The summed E-state index contributed by atoms with van der Waals surface area (Å²) in [5, 5.41) is 20.9. The van der Waals surface area contributed by atoms with Crippen molar-refractivity contribution in [3.8, 4) is 5.75 Å². The number of aromatic hydroxyl groups is 1. The number of hydrogen-bond donors (Lipinski definition) is 2. The molecule has 0 fully saturated rings. The smallest absolute Gasteiger partial charge is 0.508 e. The Morgan fingerprint density at radius 1 is 1.07 bits per heavy atom. The lowest BCUT2D eigenvalue weighted by Gasteiger charge is -2.29. The minimum Gasteiger partial charge on any atom is -0.508 e. The standard InChI is InChI=1S/C21H23Cl2NO6/c1-21(2,3)29-20(28)30-24(12-15-16(22)5-4-6-17(15)23)18(19(26)27)11-13-7-9-14(25)10-8-13/h4-10,18,25H,11-12H2,1-3H3,(H,26,27)/t18-/m0/s1. The molecule has 0 saturated heterocycles. The highest BCUT2D eigenvalue weighted by molar-refractivity contribution is 6.35. The maximum Gasteiger partial charge on any atom is 0.528 e. The number of carboxylic acid groups (broad SMARTS) is 1. The van der Waals surface area contributed by atoms with Gasteiger partial charge in [-0.15, -0.1) is 5.06 Å². The van der Waals surface area contributed by atoms with Gasteiger partial charge in [0, 0.05) is 22.0 Å². The van der Waals surface area contributed by atoms with Crippen LogP contribution in [0.25, 0.3) is 0 Å². The van der Waals surface area contributed by atoms with Gasteiger partial charge in [-0.3, -0.25) is 4.79 Å². The number of carboxylic acids is 1. The number of hydroxylamine groups is 2. The molecule has 2 aromatic rings. The monoisotopic (exact) mass is 455 g/mol. The average molecular weight is 456 g/mol. The lowest BCUT2D eigenvalue weighted by atomic mass is 10.0. The molecule has 0 unspecified atom stereocenters. The van der Waals surface area contributed by atoms with E-state index in [1.54, 1.807) is 51.1 Å². The van der Waals surface area contributed by atoms with Gasteiger partial charge in [0.15, 0.2) is 0 Å². The van der Waals surface area contributed by atoms with Crippen molar-refractivity contribution in [1.82, 2.24) is 5.06 Å². The van der Waals surface area contributed by atoms with E-state index in [9.17, 15) is 19.8 Å². The van der Waals surface area contributed by atoms with Gasteiger partial charge >= 0.3 is 12.1 Å². The van der Waals surface area contributed by atoms with Crippen molar-refractivity contribution >= 4 is 35.3 Å². The van der Waals surface area contributed by atoms with Gasteiger partial charge in [-0.05, 0) is 50.6 Å². The molecule has 0 aliphatic carbocycles. The Balaban J connectivity index is 2.36. The number of ether oxygens (including phenoxy) is 1. The van der Waals surface area contributed by atoms with E-state index >= 15 is 0 Å². The highest BCUT2D eigenvalue weighted by Crippen LogP contribution is 2.27. The van der Waals surface area contributed by atoms with Crippen LogP contribution in [0.1, 0.15) is 31.9 Å². The number of benzene rings is 2. The maximum atomic E-state index is 12.3. The number of aliphatic carboxylic acids is 1. The number of carbonyl (C=O) groups excluding carboxylic acids is 1. The SMILES string of the molecule is CC(C)(C)OC(=O)ON(Cc1c(Cl)cccc1Cl)[C@@H](Cc1ccc(O)cc1)C(=O)O. The number of phenols is 1. The fourth-order valence-electron chi connectivity index (χ4n) is 2.58. The molecular formula is C21H23Cl2NO6. The largest absolute Gasteiger partial charge is 0.528 e. The topological polar surface area (TPSA) is 96.3 Å². The van der Waals surface area contributed by atoms with Crippen LogP contribution in [0.3, 0.4) is 0 Å². The zero-order valence-electron chi connectivity index (χ0n) is 16.8. The summed E-state index contributed by atoms with van der Waals surface area (Å²) in [6, 6.07) is 9.64. The van der Waals surface area contributed by atoms with Gasteiger partial charge in [0.05, 0.1) is 6.54 Å². The van der Waals surface area contributed by atoms with Crippen LogP contribution < -0.4 is 0 Å². The van der Waals surface area contributed by atoms with Crippen LogP contribution in [0.4, 0.5) is 4.79 Å². The summed E-state index contributed by atoms with van der Waals surface area (Å²) >= 11 is 12.4. The van der Waals surface area contributed by atoms with Crippen LogP contribution >= 0.6 is 23.2 Å². The second-order valence-electron chi connectivity index (χ2n) is 7.56. The van der Waals surface area contributed by atoms with Crippen molar-refractivity contribution in [2.75, 3.05) is 0 Å². The quantitative estimate of drug-likeness (QED) is 0.444. The van der Waals surface area contributed by atoms with Gasteiger partial charge in [0.1, 0.15) is 17.4 Å². The first-order chi connectivity index (χ1) is 14.0. The van der Waals surface area contributed by atoms with Gasteiger partial charge in [0.2, 0.25) is 0 Å². The van der Waals surface area contributed by atoms with E-state index in [0.29, 0.717) is 21.2 Å². The Morgan fingerprint density at radius 3 is 2.13 bits per heavy atom. The minimum absolute atomic E-state index is 0.0134. The Bertz CT molecular complexity index is 875. The summed E-state index contributed by atoms with van der Waals surface area (Å²) in [6.45, 7) is 4.81. The molecule has 2 rings (SSSR count). The molecule has 0 aromatic heterocycles. The van der Waals surface area contributed by atoms with Gasteiger partial charge in [0.25, 0.3) is 0 Å². The summed E-state index contributed by atoms with van der Waals surface area (Å²) < 4.78 is 5.17. The number of rotatable bonds is 7. The number of halogens is 2. The molecular weight excluding hydrogens is 433 g/mol. The van der Waals surface area contributed by atoms with Gasteiger partial charge in [-0.25, -0.2) is 4.79 Å². The van der Waals surface area contributed by atoms with Crippen LogP contribution in [0.15, 0.2) is 42.5 Å². The summed E-state index contributed by atoms with van der Waals surface area (Å²) in [4.78, 5) is 29.6. The molecule has 162 valence electrons. The number of carbonyl (C=O) groups is 2. The number of nitrogens with zero attached hydrogens (tertiary/aromatic N) is 1. The zero-order valence-corrected chi connectivity index (χ0v) is 18.3. The highest BCUT2D eigenvalue weighted by atomic mass is 35.5. The van der Waals surface area contributed by atoms with E-state index in [2.05, 4.69) is 0 Å². The number of hydrogen-bond acceptors (Lipinski definition) is 6. The molecule has 1 atom stereocenters. The molecule has 0 amide bonds. The Kier molecular flexibility index (Phi) is 7.95. The second kappa shape index (κ2) is 10.0. The molecule has 30 heavy (non-hydrogen) atoms. The van der Waals surface area contributed by atoms with Gasteiger partial charge in [-0.1, -0.05) is 41.4 Å². The van der Waals surface area contributed by atoms with Crippen LogP contribution in [0.2, 0.25) is 10.0 Å². The van der Waals surface area contributed by atoms with Crippen molar-refractivity contribution in [1.29, 1.82) is 0 Å². The van der Waals surface area contributed by atoms with Crippen molar-refractivity contribution in [3.05, 3.63) is 63.6 Å². The number of phenolic OH excluding ortho intramolecular Hbond substituents is 1. The Labute approximate surface area is 184 Å². The van der Waals surface area contributed by atoms with Crippen LogP contribution in [0.5, 0.6) is 5.75 Å². The van der Waals surface area contributed by atoms with E-state index in [1.807, 2.05) is 0 Å².